The molecular formula is C12H17ClN4. The summed E-state index contributed by atoms with van der Waals surface area (Å²) in [6.45, 7) is 6.02. The van der Waals surface area contributed by atoms with Gasteiger partial charge in [-0.1, -0.05) is 25.4 Å². The zero-order valence-corrected chi connectivity index (χ0v) is 11.4. The number of halogens is 1. The van der Waals surface area contributed by atoms with Crippen molar-refractivity contribution in [1.82, 2.24) is 9.97 Å². The predicted molar refractivity (Wildman–Crippen MR) is 69.2 cm³/mol. The maximum atomic E-state index is 8.69. The summed E-state index contributed by atoms with van der Waals surface area (Å²) in [6.07, 6.45) is 0.454. The Balaban J connectivity index is 3.01. The van der Waals surface area contributed by atoms with Gasteiger partial charge in [0, 0.05) is 25.1 Å². The molecule has 0 saturated heterocycles. The SMILES string of the molecule is CC(C)c1nc(Cl)cc(N(C)C(C)CC#N)n1. The molecule has 1 aromatic heterocycles. The van der Waals surface area contributed by atoms with E-state index in [1.807, 2.05) is 32.7 Å². The lowest BCUT2D eigenvalue weighted by molar-refractivity contribution is 0.682. The molecular weight excluding hydrogens is 236 g/mol. The van der Waals surface area contributed by atoms with E-state index in [1.165, 1.54) is 0 Å². The number of nitrogens with zero attached hydrogens (tertiary/aromatic N) is 4. The van der Waals surface area contributed by atoms with Gasteiger partial charge in [-0.05, 0) is 6.92 Å². The van der Waals surface area contributed by atoms with E-state index in [0.29, 0.717) is 11.6 Å². The van der Waals surface area contributed by atoms with Crippen molar-refractivity contribution in [3.8, 4) is 6.07 Å². The van der Waals surface area contributed by atoms with Crippen molar-refractivity contribution >= 4 is 17.4 Å². The monoisotopic (exact) mass is 252 g/mol. The minimum absolute atomic E-state index is 0.103. The standard InChI is InChI=1S/C12H17ClN4/c1-8(2)12-15-10(13)7-11(16-12)17(4)9(3)5-6-14/h7-9H,5H2,1-4H3. The molecule has 1 unspecified atom stereocenters. The van der Waals surface area contributed by atoms with Crippen LogP contribution in [0.25, 0.3) is 0 Å². The van der Waals surface area contributed by atoms with Crippen LogP contribution in [0, 0.1) is 11.3 Å². The maximum absolute atomic E-state index is 8.69. The number of anilines is 1. The van der Waals surface area contributed by atoms with Gasteiger partial charge in [-0.25, -0.2) is 9.97 Å². The van der Waals surface area contributed by atoms with E-state index in [0.717, 1.165) is 11.6 Å². The Labute approximate surface area is 107 Å². The topological polar surface area (TPSA) is 52.8 Å². The Bertz CT molecular complexity index is 425. The number of aromatic nitrogens is 2. The van der Waals surface area contributed by atoms with Crippen LogP contribution in [0.15, 0.2) is 6.07 Å². The molecule has 0 amide bonds. The van der Waals surface area contributed by atoms with Gasteiger partial charge in [-0.3, -0.25) is 0 Å². The average Bonchev–Trinajstić information content (AvgIpc) is 2.27. The van der Waals surface area contributed by atoms with Crippen LogP contribution in [-0.2, 0) is 0 Å². The summed E-state index contributed by atoms with van der Waals surface area (Å²) in [4.78, 5) is 10.6. The Morgan fingerprint density at radius 2 is 2.06 bits per heavy atom. The number of rotatable bonds is 4. The average molecular weight is 253 g/mol. The van der Waals surface area contributed by atoms with Crippen LogP contribution in [0.5, 0.6) is 0 Å². The predicted octanol–water partition coefficient (Wildman–Crippen LogP) is 2.99. The van der Waals surface area contributed by atoms with Gasteiger partial charge in [0.05, 0.1) is 12.5 Å². The second-order valence-corrected chi connectivity index (χ2v) is 4.77. The van der Waals surface area contributed by atoms with E-state index < -0.39 is 0 Å². The van der Waals surface area contributed by atoms with E-state index in [2.05, 4.69) is 16.0 Å². The van der Waals surface area contributed by atoms with E-state index in [1.54, 1.807) is 6.07 Å². The lowest BCUT2D eigenvalue weighted by Crippen LogP contribution is -2.29. The molecule has 0 N–H and O–H groups in total. The lowest BCUT2D eigenvalue weighted by Gasteiger charge is -2.24. The van der Waals surface area contributed by atoms with Crippen LogP contribution < -0.4 is 4.90 Å². The van der Waals surface area contributed by atoms with Gasteiger partial charge in [0.25, 0.3) is 0 Å². The molecule has 0 saturated carbocycles. The van der Waals surface area contributed by atoms with Crippen molar-refractivity contribution in [2.75, 3.05) is 11.9 Å². The van der Waals surface area contributed by atoms with Gasteiger partial charge in [-0.2, -0.15) is 5.26 Å². The summed E-state index contributed by atoms with van der Waals surface area (Å²) in [6, 6.07) is 3.98. The summed E-state index contributed by atoms with van der Waals surface area (Å²) in [5, 5.41) is 9.13. The van der Waals surface area contributed by atoms with Crippen LogP contribution in [0.1, 0.15) is 38.9 Å². The summed E-state index contributed by atoms with van der Waals surface area (Å²) in [5.41, 5.74) is 0. The molecule has 1 rings (SSSR count). The van der Waals surface area contributed by atoms with Crippen LogP contribution in [0.2, 0.25) is 5.15 Å². The highest BCUT2D eigenvalue weighted by atomic mass is 35.5. The highest BCUT2D eigenvalue weighted by Gasteiger charge is 2.14. The summed E-state index contributed by atoms with van der Waals surface area (Å²) < 4.78 is 0. The van der Waals surface area contributed by atoms with Crippen molar-refractivity contribution in [2.45, 2.75) is 39.2 Å². The first-order valence-corrected chi connectivity index (χ1v) is 5.97. The molecule has 0 aliphatic rings. The van der Waals surface area contributed by atoms with Crippen molar-refractivity contribution in [1.29, 1.82) is 5.26 Å². The third kappa shape index (κ3) is 3.57. The van der Waals surface area contributed by atoms with E-state index in [9.17, 15) is 0 Å². The summed E-state index contributed by atoms with van der Waals surface area (Å²) in [5.74, 6) is 1.71. The van der Waals surface area contributed by atoms with Gasteiger partial charge < -0.3 is 4.90 Å². The molecule has 0 aliphatic heterocycles. The Morgan fingerprint density at radius 1 is 1.41 bits per heavy atom. The molecule has 0 bridgehead atoms. The third-order valence-corrected chi connectivity index (χ3v) is 2.82. The molecule has 0 radical (unpaired) electrons. The second kappa shape index (κ2) is 5.83. The fourth-order valence-corrected chi connectivity index (χ4v) is 1.54. The zero-order valence-electron chi connectivity index (χ0n) is 10.6. The van der Waals surface area contributed by atoms with Gasteiger partial charge in [-0.15, -0.1) is 0 Å². The molecule has 1 aromatic rings. The van der Waals surface area contributed by atoms with Crippen LogP contribution in [0.4, 0.5) is 5.82 Å². The minimum Gasteiger partial charge on any atom is -0.356 e. The number of hydrogen-bond donors (Lipinski definition) is 0. The van der Waals surface area contributed by atoms with E-state index >= 15 is 0 Å². The van der Waals surface area contributed by atoms with Crippen LogP contribution in [-0.4, -0.2) is 23.1 Å². The maximum Gasteiger partial charge on any atom is 0.135 e. The smallest absolute Gasteiger partial charge is 0.135 e. The van der Waals surface area contributed by atoms with Gasteiger partial charge in [0.1, 0.15) is 16.8 Å². The molecule has 0 aliphatic carbocycles. The third-order valence-electron chi connectivity index (χ3n) is 2.62. The van der Waals surface area contributed by atoms with Crippen molar-refractivity contribution < 1.29 is 0 Å². The minimum atomic E-state index is 0.103. The van der Waals surface area contributed by atoms with Crippen molar-refractivity contribution in [3.63, 3.8) is 0 Å². The normalized spacial score (nSPS) is 12.3. The fourth-order valence-electron chi connectivity index (χ4n) is 1.36. The van der Waals surface area contributed by atoms with Crippen LogP contribution in [0.3, 0.4) is 0 Å². The second-order valence-electron chi connectivity index (χ2n) is 4.38. The molecule has 5 heteroatoms. The number of nitriles is 1. The Kier molecular flexibility index (Phi) is 4.71. The van der Waals surface area contributed by atoms with Crippen molar-refractivity contribution in [3.05, 3.63) is 17.0 Å². The highest BCUT2D eigenvalue weighted by molar-refractivity contribution is 6.29. The first-order chi connectivity index (χ1) is 7.95. The lowest BCUT2D eigenvalue weighted by atomic mass is 10.2. The zero-order chi connectivity index (χ0) is 13.0. The molecule has 0 aromatic carbocycles. The molecule has 0 fully saturated rings. The van der Waals surface area contributed by atoms with Gasteiger partial charge in [0.15, 0.2) is 0 Å². The first-order valence-electron chi connectivity index (χ1n) is 5.60. The van der Waals surface area contributed by atoms with Gasteiger partial charge in [0.2, 0.25) is 0 Å². The Hall–Kier alpha value is -1.34. The molecule has 1 heterocycles. The Morgan fingerprint density at radius 3 is 2.59 bits per heavy atom. The number of hydrogen-bond acceptors (Lipinski definition) is 4. The highest BCUT2D eigenvalue weighted by Crippen LogP contribution is 2.21. The molecule has 0 spiro atoms. The van der Waals surface area contributed by atoms with Crippen molar-refractivity contribution in [2.24, 2.45) is 0 Å². The molecule has 92 valence electrons. The molecule has 1 atom stereocenters. The van der Waals surface area contributed by atoms with E-state index in [-0.39, 0.29) is 12.0 Å². The van der Waals surface area contributed by atoms with E-state index in [4.69, 9.17) is 16.9 Å². The molecule has 17 heavy (non-hydrogen) atoms. The summed E-state index contributed by atoms with van der Waals surface area (Å²) >= 11 is 5.98. The first kappa shape index (κ1) is 13.7. The molecule has 4 nitrogen and oxygen atoms in total. The fraction of sp³-hybridized carbons (Fsp3) is 0.583. The van der Waals surface area contributed by atoms with Gasteiger partial charge >= 0.3 is 0 Å². The summed E-state index contributed by atoms with van der Waals surface area (Å²) in [7, 11) is 1.91. The quantitative estimate of drug-likeness (QED) is 0.773. The van der Waals surface area contributed by atoms with Crippen LogP contribution >= 0.6 is 11.6 Å². The largest absolute Gasteiger partial charge is 0.356 e.